The molecule has 0 heterocycles. The Balaban J connectivity index is 1.79. The highest BCUT2D eigenvalue weighted by Gasteiger charge is 2.72. The number of carbonyl (C=O) groups excluding carboxylic acids is 4. The maximum Gasteiger partial charge on any atom is 0.309 e. The summed E-state index contributed by atoms with van der Waals surface area (Å²) < 4.78 is 10.0. The summed E-state index contributed by atoms with van der Waals surface area (Å²) in [5.41, 5.74) is -2.83. The van der Waals surface area contributed by atoms with E-state index in [0.29, 0.717) is 12.8 Å². The zero-order valence-corrected chi connectivity index (χ0v) is 19.5. The minimum Gasteiger partial charge on any atom is -0.469 e. The number of hydrogen-bond donors (Lipinski definition) is 2. The molecule has 0 aromatic rings. The predicted octanol–water partition coefficient (Wildman–Crippen LogP) is 1.53. The van der Waals surface area contributed by atoms with Crippen LogP contribution in [0.15, 0.2) is 23.8 Å². The normalized spacial score (nSPS) is 43.6. The van der Waals surface area contributed by atoms with Crippen LogP contribution in [0.25, 0.3) is 0 Å². The van der Waals surface area contributed by atoms with Crippen molar-refractivity contribution in [1.29, 1.82) is 0 Å². The minimum absolute atomic E-state index is 0.0714. The molecule has 8 atom stereocenters. The van der Waals surface area contributed by atoms with Gasteiger partial charge in [-0.05, 0) is 55.6 Å². The Kier molecular flexibility index (Phi) is 5.69. The lowest BCUT2D eigenvalue weighted by Crippen LogP contribution is -2.63. The lowest BCUT2D eigenvalue weighted by molar-refractivity contribution is -0.191. The number of aliphatic hydroxyl groups is 2. The van der Waals surface area contributed by atoms with Gasteiger partial charge in [0, 0.05) is 17.8 Å². The van der Waals surface area contributed by atoms with Crippen LogP contribution in [0.1, 0.15) is 46.5 Å². The van der Waals surface area contributed by atoms with Crippen LogP contribution in [0.5, 0.6) is 0 Å². The van der Waals surface area contributed by atoms with Gasteiger partial charge in [-0.15, -0.1) is 0 Å². The highest BCUT2D eigenvalue weighted by atomic mass is 16.5. The summed E-state index contributed by atoms with van der Waals surface area (Å²) in [5.74, 6) is -3.10. The van der Waals surface area contributed by atoms with Gasteiger partial charge in [-0.25, -0.2) is 0 Å². The van der Waals surface area contributed by atoms with Crippen LogP contribution in [-0.4, -0.2) is 59.1 Å². The molecule has 3 fully saturated rings. The van der Waals surface area contributed by atoms with E-state index in [9.17, 15) is 29.4 Å². The van der Waals surface area contributed by atoms with Crippen LogP contribution in [0.2, 0.25) is 0 Å². The average molecular weight is 461 g/mol. The monoisotopic (exact) mass is 460 g/mol. The molecule has 0 aromatic heterocycles. The third kappa shape index (κ3) is 3.25. The van der Waals surface area contributed by atoms with E-state index in [4.69, 9.17) is 9.47 Å². The van der Waals surface area contributed by atoms with Crippen LogP contribution in [0.4, 0.5) is 0 Å². The van der Waals surface area contributed by atoms with Gasteiger partial charge in [0.1, 0.15) is 0 Å². The Hall–Kier alpha value is -2.32. The van der Waals surface area contributed by atoms with Gasteiger partial charge in [-0.1, -0.05) is 25.5 Å². The van der Waals surface area contributed by atoms with E-state index in [-0.39, 0.29) is 36.4 Å². The molecule has 0 bridgehead atoms. The van der Waals surface area contributed by atoms with Gasteiger partial charge in [-0.3, -0.25) is 19.2 Å². The lowest BCUT2D eigenvalue weighted by Gasteiger charge is -2.59. The molecule has 4 rings (SSSR count). The Morgan fingerprint density at radius 1 is 1.24 bits per heavy atom. The van der Waals surface area contributed by atoms with Crippen molar-refractivity contribution in [3.05, 3.63) is 23.8 Å². The summed E-state index contributed by atoms with van der Waals surface area (Å²) in [5, 5.41) is 22.7. The number of allylic oxidation sites excluding steroid dienone is 4. The van der Waals surface area contributed by atoms with E-state index in [0.717, 1.165) is 5.57 Å². The Morgan fingerprint density at radius 3 is 2.58 bits per heavy atom. The van der Waals surface area contributed by atoms with E-state index in [2.05, 4.69) is 0 Å². The molecule has 2 N–H and O–H groups in total. The topological polar surface area (TPSA) is 127 Å². The van der Waals surface area contributed by atoms with Gasteiger partial charge in [0.25, 0.3) is 0 Å². The number of aliphatic hydroxyl groups excluding tert-OH is 1. The zero-order valence-electron chi connectivity index (χ0n) is 19.5. The van der Waals surface area contributed by atoms with Crippen LogP contribution >= 0.6 is 0 Å². The quantitative estimate of drug-likeness (QED) is 0.605. The second kappa shape index (κ2) is 7.87. The summed E-state index contributed by atoms with van der Waals surface area (Å²) in [6, 6.07) is 0. The molecule has 4 aliphatic carbocycles. The van der Waals surface area contributed by atoms with Gasteiger partial charge in [0.15, 0.2) is 18.0 Å². The lowest BCUT2D eigenvalue weighted by atomic mass is 9.44. The average Bonchev–Trinajstić information content (AvgIpc) is 2.98. The van der Waals surface area contributed by atoms with Crippen molar-refractivity contribution in [2.75, 3.05) is 13.7 Å². The largest absolute Gasteiger partial charge is 0.469 e. The van der Waals surface area contributed by atoms with Crippen molar-refractivity contribution in [3.63, 3.8) is 0 Å². The first-order chi connectivity index (χ1) is 15.4. The molecule has 3 saturated carbocycles. The maximum atomic E-state index is 13.1. The second-order valence-corrected chi connectivity index (χ2v) is 10.5. The molecule has 0 amide bonds. The van der Waals surface area contributed by atoms with Gasteiger partial charge in [0.05, 0.1) is 19.1 Å². The number of hydrogen-bond acceptors (Lipinski definition) is 8. The van der Waals surface area contributed by atoms with Gasteiger partial charge in [-0.2, -0.15) is 0 Å². The fourth-order valence-electron chi connectivity index (χ4n) is 7.55. The SMILES string of the molecule is COC(=O)C1C[C@@]2(C)C(C[C@@H](O)[C@]2(O)C(=O)COC(C)=O)C2CCC3=CC(=O)C=C[C@]3(C)C12. The molecule has 0 aliphatic heterocycles. The number of Topliss-reactive ketones (excluding diaryl/α,β-unsaturated/α-hetero) is 1. The van der Waals surface area contributed by atoms with Crippen molar-refractivity contribution in [2.45, 2.75) is 58.2 Å². The number of rotatable bonds is 4. The summed E-state index contributed by atoms with van der Waals surface area (Å²) in [6.07, 6.45) is 5.38. The molecule has 8 heteroatoms. The van der Waals surface area contributed by atoms with E-state index in [1.165, 1.54) is 20.1 Å². The predicted molar refractivity (Wildman–Crippen MR) is 115 cm³/mol. The van der Waals surface area contributed by atoms with Crippen LogP contribution in [0, 0.1) is 34.5 Å². The van der Waals surface area contributed by atoms with Crippen molar-refractivity contribution in [1.82, 2.24) is 0 Å². The highest BCUT2D eigenvalue weighted by Crippen LogP contribution is 2.68. The fraction of sp³-hybridized carbons (Fsp3) is 0.680. The first-order valence-corrected chi connectivity index (χ1v) is 11.5. The first-order valence-electron chi connectivity index (χ1n) is 11.5. The third-order valence-electron chi connectivity index (χ3n) is 9.08. The van der Waals surface area contributed by atoms with Gasteiger partial charge >= 0.3 is 11.9 Å². The summed E-state index contributed by atoms with van der Waals surface area (Å²) in [7, 11) is 1.31. The number of ketones is 2. The van der Waals surface area contributed by atoms with Crippen molar-refractivity contribution in [3.8, 4) is 0 Å². The van der Waals surface area contributed by atoms with E-state index >= 15 is 0 Å². The zero-order chi connectivity index (χ0) is 24.3. The summed E-state index contributed by atoms with van der Waals surface area (Å²) in [6.45, 7) is 4.31. The molecular formula is C25H32O8. The van der Waals surface area contributed by atoms with Gasteiger partial charge < -0.3 is 19.7 Å². The van der Waals surface area contributed by atoms with E-state index < -0.39 is 52.8 Å². The highest BCUT2D eigenvalue weighted by molar-refractivity contribution is 6.01. The number of fused-ring (bicyclic) bond motifs is 5. The van der Waals surface area contributed by atoms with E-state index in [1.807, 2.05) is 13.0 Å². The molecule has 4 unspecified atom stereocenters. The van der Waals surface area contributed by atoms with Crippen molar-refractivity contribution in [2.24, 2.45) is 34.5 Å². The number of methoxy groups -OCH3 is 1. The Morgan fingerprint density at radius 2 is 1.94 bits per heavy atom. The Bertz CT molecular complexity index is 965. The smallest absolute Gasteiger partial charge is 0.309 e. The molecule has 33 heavy (non-hydrogen) atoms. The molecule has 8 nitrogen and oxygen atoms in total. The third-order valence-corrected chi connectivity index (χ3v) is 9.08. The van der Waals surface area contributed by atoms with Crippen molar-refractivity contribution < 1.29 is 38.9 Å². The summed E-state index contributed by atoms with van der Waals surface area (Å²) >= 11 is 0. The fourth-order valence-corrected chi connectivity index (χ4v) is 7.55. The second-order valence-electron chi connectivity index (χ2n) is 10.5. The summed E-state index contributed by atoms with van der Waals surface area (Å²) in [4.78, 5) is 49.5. The molecule has 0 spiro atoms. The molecule has 4 aliphatic rings. The minimum atomic E-state index is -2.15. The molecule has 0 saturated heterocycles. The van der Waals surface area contributed by atoms with Crippen molar-refractivity contribution >= 4 is 23.5 Å². The maximum absolute atomic E-state index is 13.1. The van der Waals surface area contributed by atoms with E-state index in [1.54, 1.807) is 13.0 Å². The number of ether oxygens (including phenoxy) is 2. The molecule has 180 valence electrons. The first kappa shape index (κ1) is 23.8. The van der Waals surface area contributed by atoms with Gasteiger partial charge in [0.2, 0.25) is 5.78 Å². The Labute approximate surface area is 193 Å². The van der Waals surface area contributed by atoms with Crippen LogP contribution < -0.4 is 0 Å². The van der Waals surface area contributed by atoms with Crippen LogP contribution in [0.3, 0.4) is 0 Å². The van der Waals surface area contributed by atoms with Crippen LogP contribution in [-0.2, 0) is 28.7 Å². The molecule has 0 aromatic carbocycles. The molecular weight excluding hydrogens is 428 g/mol. The number of carbonyl (C=O) groups is 4. The number of esters is 2. The standard InChI is InChI=1S/C25H32O8/c1-13(26)33-12-20(29)25(31)19(28)10-18-16-6-5-14-9-15(27)7-8-23(14,2)21(16)17(22(30)32-4)11-24(18,25)3/h7-9,16-19,21,28,31H,5-6,10-12H2,1-4H3/t16?,17?,18?,19-,21?,23+,24+,25+/m1/s1. The molecule has 0 radical (unpaired) electrons.